The van der Waals surface area contributed by atoms with Crippen LogP contribution in [0.15, 0.2) is 18.2 Å². The molecule has 1 N–H and O–H groups in total. The summed E-state index contributed by atoms with van der Waals surface area (Å²) in [6.45, 7) is 7.47. The number of rotatable bonds is 1. The van der Waals surface area contributed by atoms with Crippen molar-refractivity contribution in [1.29, 1.82) is 5.26 Å². The molecule has 4 nitrogen and oxygen atoms in total. The van der Waals surface area contributed by atoms with Gasteiger partial charge in [-0.25, -0.2) is 4.79 Å². The molecule has 0 radical (unpaired) electrons. The number of nitrogens with one attached hydrogen (secondary N) is 1. The number of aryl methyl sites for hydroxylation is 1. The summed E-state index contributed by atoms with van der Waals surface area (Å²) in [6, 6.07) is 7.54. The van der Waals surface area contributed by atoms with Crippen molar-refractivity contribution in [3.8, 4) is 17.9 Å². The highest BCUT2D eigenvalue weighted by Crippen LogP contribution is 2.09. The van der Waals surface area contributed by atoms with Gasteiger partial charge < -0.3 is 10.1 Å². The van der Waals surface area contributed by atoms with Crippen LogP contribution in [0.25, 0.3) is 0 Å². The van der Waals surface area contributed by atoms with Gasteiger partial charge in [-0.1, -0.05) is 17.9 Å². The Morgan fingerprint density at radius 3 is 2.70 bits per heavy atom. The maximum absolute atomic E-state index is 11.4. The lowest BCUT2D eigenvalue weighted by Gasteiger charge is -2.18. The Morgan fingerprint density at radius 2 is 2.10 bits per heavy atom. The molecule has 0 saturated carbocycles. The summed E-state index contributed by atoms with van der Waals surface area (Å²) < 4.78 is 5.08. The minimum atomic E-state index is -0.518. The molecular weight excluding hydrogens is 252 g/mol. The smallest absolute Gasteiger partial charge is 0.408 e. The summed E-state index contributed by atoms with van der Waals surface area (Å²) in [6.07, 6.45) is -0.492. The number of carbonyl (C=O) groups is 1. The van der Waals surface area contributed by atoms with Gasteiger partial charge in [-0.15, -0.1) is 0 Å². The van der Waals surface area contributed by atoms with Gasteiger partial charge >= 0.3 is 6.09 Å². The summed E-state index contributed by atoms with van der Waals surface area (Å²) in [7, 11) is 0. The van der Waals surface area contributed by atoms with Gasteiger partial charge in [0.25, 0.3) is 0 Å². The number of amides is 1. The summed E-state index contributed by atoms with van der Waals surface area (Å²) in [5.41, 5.74) is 1.76. The maximum Gasteiger partial charge on any atom is 0.408 e. The molecule has 0 aromatic heterocycles. The first-order chi connectivity index (χ1) is 9.31. The number of hydrogen-bond acceptors (Lipinski definition) is 3. The van der Waals surface area contributed by atoms with Gasteiger partial charge in [0.15, 0.2) is 0 Å². The Kier molecular flexibility index (Phi) is 5.17. The highest BCUT2D eigenvalue weighted by molar-refractivity contribution is 5.68. The zero-order chi connectivity index (χ0) is 15.2. The second-order valence-electron chi connectivity index (χ2n) is 5.30. The molecular formula is C16H18N2O2. The molecule has 0 heterocycles. The van der Waals surface area contributed by atoms with Crippen LogP contribution in [-0.2, 0) is 4.74 Å². The van der Waals surface area contributed by atoms with Gasteiger partial charge in [-0.05, 0) is 45.4 Å². The van der Waals surface area contributed by atoms with Crippen molar-refractivity contribution < 1.29 is 9.53 Å². The van der Waals surface area contributed by atoms with Crippen LogP contribution in [-0.4, -0.2) is 18.2 Å². The molecule has 1 rings (SSSR count). The Morgan fingerprint density at radius 1 is 1.40 bits per heavy atom. The van der Waals surface area contributed by atoms with E-state index in [0.717, 1.165) is 11.1 Å². The molecule has 104 valence electrons. The van der Waals surface area contributed by atoms with Crippen LogP contribution in [0.2, 0.25) is 0 Å². The van der Waals surface area contributed by atoms with E-state index in [1.165, 1.54) is 0 Å². The van der Waals surface area contributed by atoms with Crippen molar-refractivity contribution in [2.75, 3.05) is 6.54 Å². The highest BCUT2D eigenvalue weighted by atomic mass is 16.6. The van der Waals surface area contributed by atoms with Gasteiger partial charge in [-0.3, -0.25) is 0 Å². The normalized spacial score (nSPS) is 9.95. The number of hydrogen-bond donors (Lipinski definition) is 1. The van der Waals surface area contributed by atoms with Crippen LogP contribution in [0.3, 0.4) is 0 Å². The Bertz CT molecular complexity index is 596. The second-order valence-corrected chi connectivity index (χ2v) is 5.30. The van der Waals surface area contributed by atoms with Crippen LogP contribution in [0, 0.1) is 30.1 Å². The molecule has 0 saturated heterocycles. The summed E-state index contributed by atoms with van der Waals surface area (Å²) in [5, 5.41) is 11.5. The van der Waals surface area contributed by atoms with Crippen LogP contribution in [0.4, 0.5) is 4.79 Å². The van der Waals surface area contributed by atoms with Gasteiger partial charge in [0, 0.05) is 5.56 Å². The van der Waals surface area contributed by atoms with Crippen molar-refractivity contribution in [3.63, 3.8) is 0 Å². The van der Waals surface area contributed by atoms with E-state index in [1.807, 2.05) is 19.1 Å². The zero-order valence-electron chi connectivity index (χ0n) is 12.2. The van der Waals surface area contributed by atoms with Crippen molar-refractivity contribution >= 4 is 6.09 Å². The molecule has 0 unspecified atom stereocenters. The van der Waals surface area contributed by atoms with E-state index in [0.29, 0.717) is 5.56 Å². The summed E-state index contributed by atoms with van der Waals surface area (Å²) in [4.78, 5) is 11.4. The second kappa shape index (κ2) is 6.63. The van der Waals surface area contributed by atoms with E-state index < -0.39 is 11.7 Å². The largest absolute Gasteiger partial charge is 0.444 e. The molecule has 0 spiro atoms. The first-order valence-electron chi connectivity index (χ1n) is 6.28. The molecule has 0 aliphatic rings. The predicted octanol–water partition coefficient (Wildman–Crippen LogP) is 2.74. The SMILES string of the molecule is Cc1ccc(C#CCNC(=O)OC(C)(C)C)cc1C#N. The molecule has 0 aliphatic carbocycles. The number of benzene rings is 1. The van der Waals surface area contributed by atoms with Gasteiger partial charge in [0.1, 0.15) is 5.60 Å². The zero-order valence-corrected chi connectivity index (χ0v) is 12.2. The molecule has 20 heavy (non-hydrogen) atoms. The predicted molar refractivity (Wildman–Crippen MR) is 77.0 cm³/mol. The van der Waals surface area contributed by atoms with Crippen molar-refractivity contribution in [2.45, 2.75) is 33.3 Å². The fourth-order valence-corrected chi connectivity index (χ4v) is 1.40. The quantitative estimate of drug-likeness (QED) is 0.798. The third-order valence-electron chi connectivity index (χ3n) is 2.31. The lowest BCUT2D eigenvalue weighted by Crippen LogP contribution is -2.32. The Hall–Kier alpha value is -2.46. The van der Waals surface area contributed by atoms with E-state index >= 15 is 0 Å². The van der Waals surface area contributed by atoms with Gasteiger partial charge in [0.2, 0.25) is 0 Å². The number of nitriles is 1. The maximum atomic E-state index is 11.4. The topological polar surface area (TPSA) is 62.1 Å². The fraction of sp³-hybridized carbons (Fsp3) is 0.375. The summed E-state index contributed by atoms with van der Waals surface area (Å²) >= 11 is 0. The lowest BCUT2D eigenvalue weighted by molar-refractivity contribution is 0.0535. The van der Waals surface area contributed by atoms with Crippen LogP contribution < -0.4 is 5.32 Å². The fourth-order valence-electron chi connectivity index (χ4n) is 1.40. The molecule has 0 aliphatic heterocycles. The standard InChI is InChI=1S/C16H18N2O2/c1-12-7-8-13(10-14(12)11-17)6-5-9-18-15(19)20-16(2,3)4/h7-8,10H,9H2,1-4H3,(H,18,19). The molecule has 0 fully saturated rings. The van der Waals surface area contributed by atoms with Crippen LogP contribution in [0.5, 0.6) is 0 Å². The van der Waals surface area contributed by atoms with Crippen LogP contribution >= 0.6 is 0 Å². The van der Waals surface area contributed by atoms with Crippen LogP contribution in [0.1, 0.15) is 37.5 Å². The lowest BCUT2D eigenvalue weighted by atomic mass is 10.1. The first kappa shape index (κ1) is 15.6. The number of carbonyl (C=O) groups excluding carboxylic acids is 1. The highest BCUT2D eigenvalue weighted by Gasteiger charge is 2.14. The van der Waals surface area contributed by atoms with Crippen molar-refractivity contribution in [1.82, 2.24) is 5.32 Å². The number of alkyl carbamates (subject to hydrolysis) is 1. The number of nitrogens with zero attached hydrogens (tertiary/aromatic N) is 1. The third kappa shape index (κ3) is 5.46. The third-order valence-corrected chi connectivity index (χ3v) is 2.31. The summed E-state index contributed by atoms with van der Waals surface area (Å²) in [5.74, 6) is 5.71. The molecule has 1 aromatic carbocycles. The molecule has 0 bridgehead atoms. The minimum absolute atomic E-state index is 0.199. The monoisotopic (exact) mass is 270 g/mol. The Balaban J connectivity index is 2.56. The van der Waals surface area contributed by atoms with E-state index in [4.69, 9.17) is 10.00 Å². The van der Waals surface area contributed by atoms with E-state index in [9.17, 15) is 4.79 Å². The van der Waals surface area contributed by atoms with E-state index in [2.05, 4.69) is 23.2 Å². The molecule has 4 heteroatoms. The number of ether oxygens (including phenoxy) is 1. The molecule has 1 amide bonds. The minimum Gasteiger partial charge on any atom is -0.444 e. The van der Waals surface area contributed by atoms with Gasteiger partial charge in [-0.2, -0.15) is 5.26 Å². The first-order valence-corrected chi connectivity index (χ1v) is 6.28. The van der Waals surface area contributed by atoms with E-state index in [-0.39, 0.29) is 6.54 Å². The van der Waals surface area contributed by atoms with E-state index in [1.54, 1.807) is 26.8 Å². The Labute approximate surface area is 119 Å². The average Bonchev–Trinajstić information content (AvgIpc) is 2.34. The van der Waals surface area contributed by atoms with Crippen molar-refractivity contribution in [2.24, 2.45) is 0 Å². The molecule has 1 aromatic rings. The van der Waals surface area contributed by atoms with Gasteiger partial charge in [0.05, 0.1) is 18.2 Å². The van der Waals surface area contributed by atoms with Crippen molar-refractivity contribution in [3.05, 3.63) is 34.9 Å². The average molecular weight is 270 g/mol. The molecule has 0 atom stereocenters.